The quantitative estimate of drug-likeness (QED) is 0.493. The second-order valence-electron chi connectivity index (χ2n) is 4.70. The van der Waals surface area contributed by atoms with E-state index in [1.165, 1.54) is 16.7 Å². The number of aromatic nitrogens is 2. The zero-order chi connectivity index (χ0) is 14.7. The van der Waals surface area contributed by atoms with Gasteiger partial charge in [0.05, 0.1) is 22.2 Å². The number of carbonyl (C=O) groups excluding carboxylic acids is 1. The first-order valence-corrected chi connectivity index (χ1v) is 6.93. The summed E-state index contributed by atoms with van der Waals surface area (Å²) in [6, 6.07) is 8.90. The van der Waals surface area contributed by atoms with Gasteiger partial charge >= 0.3 is 0 Å². The van der Waals surface area contributed by atoms with E-state index in [0.29, 0.717) is 21.1 Å². The molecule has 0 radical (unpaired) electrons. The average molecular weight is 345 g/mol. The van der Waals surface area contributed by atoms with Gasteiger partial charge in [0.1, 0.15) is 5.82 Å². The lowest BCUT2D eigenvalue weighted by Crippen LogP contribution is -2.21. The Morgan fingerprint density at radius 2 is 1.95 bits per heavy atom. The molecule has 0 saturated carbocycles. The first kappa shape index (κ1) is 12.4. The number of nitrogens with zero attached hydrogens (tertiary/aromatic N) is 2. The molecule has 6 heteroatoms. The molecule has 2 heterocycles. The molecule has 0 N–H and O–H groups in total. The molecule has 4 rings (SSSR count). The van der Waals surface area contributed by atoms with E-state index in [1.807, 2.05) is 0 Å². The van der Waals surface area contributed by atoms with Crippen LogP contribution >= 0.6 is 15.9 Å². The summed E-state index contributed by atoms with van der Waals surface area (Å²) in [5, 5.41) is 0.401. The Hall–Kier alpha value is -2.34. The number of halogens is 2. The van der Waals surface area contributed by atoms with Gasteiger partial charge in [-0.05, 0) is 46.3 Å². The van der Waals surface area contributed by atoms with Crippen LogP contribution in [0.2, 0.25) is 0 Å². The van der Waals surface area contributed by atoms with Gasteiger partial charge in [-0.25, -0.2) is 9.37 Å². The zero-order valence-electron chi connectivity index (χ0n) is 10.4. The average Bonchev–Trinajstić information content (AvgIpc) is 2.74. The Morgan fingerprint density at radius 3 is 2.76 bits per heavy atom. The van der Waals surface area contributed by atoms with Gasteiger partial charge in [-0.2, -0.15) is 0 Å². The standard InChI is InChI=1S/C15H6BrFN2O2/c16-10-3-1-2-8-12(10)18-14-13(20)9-6-7(17)4-5-11(9)19(14)15(8)21/h1-6H. The molecule has 4 nitrogen and oxygen atoms in total. The number of ketones is 1. The van der Waals surface area contributed by atoms with Crippen molar-refractivity contribution in [2.45, 2.75) is 0 Å². The number of hydrogen-bond acceptors (Lipinski definition) is 3. The van der Waals surface area contributed by atoms with Crippen LogP contribution in [-0.2, 0) is 0 Å². The molecular weight excluding hydrogens is 339 g/mol. The molecule has 0 bridgehead atoms. The van der Waals surface area contributed by atoms with Crippen molar-refractivity contribution >= 4 is 32.6 Å². The normalized spacial score (nSPS) is 12.6. The molecule has 1 aliphatic rings. The molecule has 0 fully saturated rings. The first-order valence-electron chi connectivity index (χ1n) is 6.14. The van der Waals surface area contributed by atoms with Gasteiger partial charge in [0, 0.05) is 4.47 Å². The van der Waals surface area contributed by atoms with Crippen LogP contribution in [0, 0.1) is 5.82 Å². The number of fused-ring (bicyclic) bond motifs is 4. The van der Waals surface area contributed by atoms with E-state index in [2.05, 4.69) is 20.9 Å². The maximum Gasteiger partial charge on any atom is 0.266 e. The zero-order valence-corrected chi connectivity index (χ0v) is 12.0. The lowest BCUT2D eigenvalue weighted by Gasteiger charge is -2.06. The Balaban J connectivity index is 2.20. The van der Waals surface area contributed by atoms with Crippen LogP contribution in [0.15, 0.2) is 45.7 Å². The second-order valence-corrected chi connectivity index (χ2v) is 5.56. The minimum Gasteiger partial charge on any atom is -0.285 e. The highest BCUT2D eigenvalue weighted by Crippen LogP contribution is 2.28. The molecule has 0 atom stereocenters. The van der Waals surface area contributed by atoms with E-state index < -0.39 is 11.6 Å². The third-order valence-corrected chi connectivity index (χ3v) is 4.14. The number of carbonyl (C=O) groups is 1. The molecule has 0 amide bonds. The fourth-order valence-electron chi connectivity index (χ4n) is 2.56. The van der Waals surface area contributed by atoms with Crippen molar-refractivity contribution in [3.05, 3.63) is 68.4 Å². The van der Waals surface area contributed by atoms with Gasteiger partial charge in [0.15, 0.2) is 5.82 Å². The summed E-state index contributed by atoms with van der Waals surface area (Å²) in [6.45, 7) is 0. The van der Waals surface area contributed by atoms with Gasteiger partial charge in [-0.15, -0.1) is 0 Å². The highest BCUT2D eigenvalue weighted by Gasteiger charge is 2.30. The van der Waals surface area contributed by atoms with Gasteiger partial charge in [0.2, 0.25) is 5.78 Å². The van der Waals surface area contributed by atoms with Crippen LogP contribution in [0.4, 0.5) is 4.39 Å². The van der Waals surface area contributed by atoms with Gasteiger partial charge in [0.25, 0.3) is 5.56 Å². The summed E-state index contributed by atoms with van der Waals surface area (Å²) in [5.74, 6) is -0.951. The molecule has 102 valence electrons. The summed E-state index contributed by atoms with van der Waals surface area (Å²) in [5.41, 5.74) is 0.618. The molecule has 0 spiro atoms. The molecule has 3 aromatic rings. The largest absolute Gasteiger partial charge is 0.285 e. The minimum atomic E-state index is -0.520. The monoisotopic (exact) mass is 344 g/mol. The van der Waals surface area contributed by atoms with Crippen LogP contribution in [-0.4, -0.2) is 15.3 Å². The lowest BCUT2D eigenvalue weighted by atomic mass is 10.1. The van der Waals surface area contributed by atoms with Crippen molar-refractivity contribution in [1.82, 2.24) is 9.55 Å². The molecular formula is C15H6BrFN2O2. The van der Waals surface area contributed by atoms with Crippen molar-refractivity contribution in [3.8, 4) is 5.69 Å². The summed E-state index contributed by atoms with van der Waals surface area (Å²) < 4.78 is 15.2. The van der Waals surface area contributed by atoms with E-state index >= 15 is 0 Å². The highest BCUT2D eigenvalue weighted by atomic mass is 79.9. The van der Waals surface area contributed by atoms with E-state index in [-0.39, 0.29) is 16.9 Å². The molecule has 1 aliphatic heterocycles. The SMILES string of the molecule is O=C1c2cc(F)ccc2-n2c1nc1c(Br)cccc1c2=O. The second kappa shape index (κ2) is 4.08. The summed E-state index contributed by atoms with van der Waals surface area (Å²) in [7, 11) is 0. The minimum absolute atomic E-state index is 0.0139. The number of benzene rings is 2. The summed E-state index contributed by atoms with van der Waals surface area (Å²) >= 11 is 3.32. The number of para-hydroxylation sites is 1. The summed E-state index contributed by atoms with van der Waals surface area (Å²) in [6.07, 6.45) is 0. The number of hydrogen-bond donors (Lipinski definition) is 0. The molecule has 1 aromatic heterocycles. The Bertz CT molecular complexity index is 1010. The third-order valence-electron chi connectivity index (χ3n) is 3.50. The number of rotatable bonds is 0. The Labute approximate surface area is 126 Å². The molecule has 21 heavy (non-hydrogen) atoms. The molecule has 2 aromatic carbocycles. The maximum atomic E-state index is 13.3. The Kier molecular flexibility index (Phi) is 2.41. The van der Waals surface area contributed by atoms with Crippen molar-refractivity contribution in [2.24, 2.45) is 0 Å². The molecule has 0 aliphatic carbocycles. The predicted octanol–water partition coefficient (Wildman–Crippen LogP) is 2.83. The van der Waals surface area contributed by atoms with Crippen LogP contribution in [0.25, 0.3) is 16.6 Å². The fraction of sp³-hybridized carbons (Fsp3) is 0. The third kappa shape index (κ3) is 1.56. The predicted molar refractivity (Wildman–Crippen MR) is 78.4 cm³/mol. The molecule has 0 unspecified atom stereocenters. The van der Waals surface area contributed by atoms with E-state index in [4.69, 9.17) is 0 Å². The van der Waals surface area contributed by atoms with Crippen molar-refractivity contribution in [2.75, 3.05) is 0 Å². The van der Waals surface area contributed by atoms with Crippen LogP contribution < -0.4 is 5.56 Å². The lowest BCUT2D eigenvalue weighted by molar-refractivity contribution is 0.103. The van der Waals surface area contributed by atoms with Crippen molar-refractivity contribution < 1.29 is 9.18 Å². The maximum absolute atomic E-state index is 13.3. The smallest absolute Gasteiger partial charge is 0.266 e. The van der Waals surface area contributed by atoms with Gasteiger partial charge in [-0.3, -0.25) is 14.2 Å². The molecule has 0 saturated heterocycles. The fourth-order valence-corrected chi connectivity index (χ4v) is 3.01. The van der Waals surface area contributed by atoms with E-state index in [1.54, 1.807) is 18.2 Å². The summed E-state index contributed by atoms with van der Waals surface area (Å²) in [4.78, 5) is 29.3. The topological polar surface area (TPSA) is 52.0 Å². The van der Waals surface area contributed by atoms with Crippen LogP contribution in [0.3, 0.4) is 0 Å². The van der Waals surface area contributed by atoms with Gasteiger partial charge < -0.3 is 0 Å². The highest BCUT2D eigenvalue weighted by molar-refractivity contribution is 9.10. The van der Waals surface area contributed by atoms with E-state index in [0.717, 1.165) is 6.07 Å². The van der Waals surface area contributed by atoms with Crippen LogP contribution in [0.5, 0.6) is 0 Å². The first-order chi connectivity index (χ1) is 10.1. The van der Waals surface area contributed by atoms with Crippen molar-refractivity contribution in [1.29, 1.82) is 0 Å². The van der Waals surface area contributed by atoms with Gasteiger partial charge in [-0.1, -0.05) is 6.07 Å². The Morgan fingerprint density at radius 1 is 1.14 bits per heavy atom. The van der Waals surface area contributed by atoms with Crippen LogP contribution in [0.1, 0.15) is 16.2 Å². The van der Waals surface area contributed by atoms with Crippen molar-refractivity contribution in [3.63, 3.8) is 0 Å². The van der Waals surface area contributed by atoms with E-state index in [9.17, 15) is 14.0 Å².